The minimum Gasteiger partial charge on any atom is -0.488 e. The first-order valence-corrected chi connectivity index (χ1v) is 6.60. The lowest BCUT2D eigenvalue weighted by Crippen LogP contribution is -2.03. The van der Waals surface area contributed by atoms with Crippen LogP contribution in [0.4, 0.5) is 0 Å². The molecule has 1 aromatic carbocycles. The lowest BCUT2D eigenvalue weighted by atomic mass is 10.0. The number of hydrogen-bond donors (Lipinski definition) is 1. The van der Waals surface area contributed by atoms with Crippen molar-refractivity contribution in [2.75, 3.05) is 0 Å². The summed E-state index contributed by atoms with van der Waals surface area (Å²) in [6.07, 6.45) is 1.65. The van der Waals surface area contributed by atoms with Gasteiger partial charge in [-0.2, -0.15) is 0 Å². The largest absolute Gasteiger partial charge is 0.488 e. The Hall–Kier alpha value is -1.74. The van der Waals surface area contributed by atoms with Crippen LogP contribution >= 0.6 is 0 Å². The van der Waals surface area contributed by atoms with Crippen LogP contribution in [0.15, 0.2) is 34.9 Å². The summed E-state index contributed by atoms with van der Waals surface area (Å²) < 4.78 is 11.2. The van der Waals surface area contributed by atoms with Crippen molar-refractivity contribution in [2.24, 2.45) is 5.73 Å². The Morgan fingerprint density at radius 3 is 2.74 bits per heavy atom. The van der Waals surface area contributed by atoms with Gasteiger partial charge in [0, 0.05) is 5.56 Å². The van der Waals surface area contributed by atoms with Gasteiger partial charge in [0.1, 0.15) is 18.1 Å². The van der Waals surface area contributed by atoms with Gasteiger partial charge in [0.2, 0.25) is 0 Å². The fourth-order valence-electron chi connectivity index (χ4n) is 1.96. The molecule has 0 bridgehead atoms. The summed E-state index contributed by atoms with van der Waals surface area (Å²) in [6.45, 7) is 7.30. The van der Waals surface area contributed by atoms with Crippen LogP contribution in [-0.2, 0) is 13.2 Å². The molecule has 3 heteroatoms. The standard InChI is InChI=1S/C16H21NO2/c1-11(2)13-5-4-12(3)15(8-13)19-10-14-6-7-18-16(14)9-17/h4-8,11H,9-10,17H2,1-3H3. The van der Waals surface area contributed by atoms with Gasteiger partial charge in [-0.15, -0.1) is 0 Å². The molecule has 1 aromatic heterocycles. The third-order valence-electron chi connectivity index (χ3n) is 3.29. The van der Waals surface area contributed by atoms with E-state index in [9.17, 15) is 0 Å². The average Bonchev–Trinajstić information content (AvgIpc) is 2.85. The Labute approximate surface area is 114 Å². The fraction of sp³-hybridized carbons (Fsp3) is 0.375. The molecule has 0 fully saturated rings. The van der Waals surface area contributed by atoms with E-state index in [4.69, 9.17) is 14.9 Å². The molecule has 0 atom stereocenters. The number of ether oxygens (including phenoxy) is 1. The highest BCUT2D eigenvalue weighted by molar-refractivity contribution is 5.38. The Kier molecular flexibility index (Phi) is 4.27. The molecule has 0 saturated heterocycles. The van der Waals surface area contributed by atoms with Crippen molar-refractivity contribution in [2.45, 2.75) is 39.8 Å². The zero-order valence-corrected chi connectivity index (χ0v) is 11.8. The second-order valence-electron chi connectivity index (χ2n) is 5.04. The maximum atomic E-state index is 5.90. The monoisotopic (exact) mass is 259 g/mol. The number of rotatable bonds is 5. The van der Waals surface area contributed by atoms with E-state index in [2.05, 4.69) is 39.0 Å². The number of furan rings is 1. The van der Waals surface area contributed by atoms with Crippen LogP contribution in [0.1, 0.15) is 42.2 Å². The van der Waals surface area contributed by atoms with Gasteiger partial charge in [0.25, 0.3) is 0 Å². The molecule has 0 aliphatic rings. The SMILES string of the molecule is Cc1ccc(C(C)C)cc1OCc1ccoc1CN. The van der Waals surface area contributed by atoms with Crippen LogP contribution in [0.5, 0.6) is 5.75 Å². The van der Waals surface area contributed by atoms with Gasteiger partial charge >= 0.3 is 0 Å². The number of benzene rings is 1. The Bertz CT molecular complexity index is 543. The van der Waals surface area contributed by atoms with Crippen molar-refractivity contribution in [3.05, 3.63) is 53.0 Å². The van der Waals surface area contributed by atoms with E-state index < -0.39 is 0 Å². The summed E-state index contributed by atoms with van der Waals surface area (Å²) in [4.78, 5) is 0. The van der Waals surface area contributed by atoms with E-state index >= 15 is 0 Å². The van der Waals surface area contributed by atoms with E-state index in [1.165, 1.54) is 5.56 Å². The second kappa shape index (κ2) is 5.93. The Morgan fingerprint density at radius 2 is 2.05 bits per heavy atom. The van der Waals surface area contributed by atoms with E-state index in [1.54, 1.807) is 6.26 Å². The molecule has 0 saturated carbocycles. The lowest BCUT2D eigenvalue weighted by molar-refractivity contribution is 0.299. The van der Waals surface area contributed by atoms with Gasteiger partial charge in [-0.25, -0.2) is 0 Å². The van der Waals surface area contributed by atoms with Crippen LogP contribution in [0.2, 0.25) is 0 Å². The summed E-state index contributed by atoms with van der Waals surface area (Å²) in [6, 6.07) is 8.27. The van der Waals surface area contributed by atoms with Crippen molar-refractivity contribution in [1.29, 1.82) is 0 Å². The third kappa shape index (κ3) is 3.18. The van der Waals surface area contributed by atoms with E-state index in [0.29, 0.717) is 19.1 Å². The van der Waals surface area contributed by atoms with Crippen LogP contribution in [0, 0.1) is 6.92 Å². The molecule has 3 nitrogen and oxygen atoms in total. The van der Waals surface area contributed by atoms with E-state index in [-0.39, 0.29) is 0 Å². The van der Waals surface area contributed by atoms with Gasteiger partial charge in [-0.3, -0.25) is 0 Å². The molecule has 0 amide bonds. The maximum absolute atomic E-state index is 5.90. The maximum Gasteiger partial charge on any atom is 0.123 e. The summed E-state index contributed by atoms with van der Waals surface area (Å²) in [5.41, 5.74) is 9.04. The summed E-state index contributed by atoms with van der Waals surface area (Å²) in [5, 5.41) is 0. The molecule has 2 rings (SSSR count). The van der Waals surface area contributed by atoms with E-state index in [0.717, 1.165) is 22.6 Å². The highest BCUT2D eigenvalue weighted by atomic mass is 16.5. The van der Waals surface area contributed by atoms with Gasteiger partial charge in [0.15, 0.2) is 0 Å². The van der Waals surface area contributed by atoms with Gasteiger partial charge in [-0.1, -0.05) is 26.0 Å². The first-order chi connectivity index (χ1) is 9.11. The molecular formula is C16H21NO2. The molecule has 1 heterocycles. The van der Waals surface area contributed by atoms with Crippen molar-refractivity contribution in [3.63, 3.8) is 0 Å². The molecule has 19 heavy (non-hydrogen) atoms. The average molecular weight is 259 g/mol. The molecule has 0 spiro atoms. The molecule has 2 N–H and O–H groups in total. The van der Waals surface area contributed by atoms with Crippen molar-refractivity contribution < 1.29 is 9.15 Å². The third-order valence-corrected chi connectivity index (χ3v) is 3.29. The highest BCUT2D eigenvalue weighted by Gasteiger charge is 2.08. The molecule has 0 aliphatic heterocycles. The lowest BCUT2D eigenvalue weighted by Gasteiger charge is -2.12. The first-order valence-electron chi connectivity index (χ1n) is 6.60. The van der Waals surface area contributed by atoms with E-state index in [1.807, 2.05) is 6.07 Å². The zero-order chi connectivity index (χ0) is 13.8. The normalized spacial score (nSPS) is 11.0. The van der Waals surface area contributed by atoms with Crippen molar-refractivity contribution >= 4 is 0 Å². The minimum absolute atomic E-state index is 0.400. The topological polar surface area (TPSA) is 48.4 Å². The van der Waals surface area contributed by atoms with Crippen LogP contribution in [-0.4, -0.2) is 0 Å². The van der Waals surface area contributed by atoms with Gasteiger partial charge < -0.3 is 14.9 Å². The first kappa shape index (κ1) is 13.7. The smallest absolute Gasteiger partial charge is 0.123 e. The van der Waals surface area contributed by atoms with Crippen LogP contribution < -0.4 is 10.5 Å². The number of nitrogens with two attached hydrogens (primary N) is 1. The summed E-state index contributed by atoms with van der Waals surface area (Å²) in [7, 11) is 0. The molecule has 0 aliphatic carbocycles. The fourth-order valence-corrected chi connectivity index (χ4v) is 1.96. The predicted molar refractivity (Wildman–Crippen MR) is 76.2 cm³/mol. The predicted octanol–water partition coefficient (Wildman–Crippen LogP) is 3.75. The molecule has 102 valence electrons. The number of hydrogen-bond acceptors (Lipinski definition) is 3. The van der Waals surface area contributed by atoms with Crippen LogP contribution in [0.3, 0.4) is 0 Å². The summed E-state index contributed by atoms with van der Waals surface area (Å²) in [5.74, 6) is 2.21. The quantitative estimate of drug-likeness (QED) is 0.889. The van der Waals surface area contributed by atoms with Gasteiger partial charge in [0.05, 0.1) is 12.8 Å². The molecule has 2 aromatic rings. The highest BCUT2D eigenvalue weighted by Crippen LogP contribution is 2.25. The zero-order valence-electron chi connectivity index (χ0n) is 11.8. The van der Waals surface area contributed by atoms with Crippen LogP contribution in [0.25, 0.3) is 0 Å². The Morgan fingerprint density at radius 1 is 1.26 bits per heavy atom. The van der Waals surface area contributed by atoms with Crippen molar-refractivity contribution in [1.82, 2.24) is 0 Å². The summed E-state index contributed by atoms with van der Waals surface area (Å²) >= 11 is 0. The molecule has 0 radical (unpaired) electrons. The number of aryl methyl sites for hydroxylation is 1. The minimum atomic E-state index is 0.400. The molecular weight excluding hydrogens is 238 g/mol. The Balaban J connectivity index is 2.13. The van der Waals surface area contributed by atoms with Crippen molar-refractivity contribution in [3.8, 4) is 5.75 Å². The van der Waals surface area contributed by atoms with Gasteiger partial charge in [-0.05, 0) is 36.1 Å². The second-order valence-corrected chi connectivity index (χ2v) is 5.04. The molecule has 0 unspecified atom stereocenters.